The molecule has 1 amide bonds. The summed E-state index contributed by atoms with van der Waals surface area (Å²) in [7, 11) is -3.88. The van der Waals surface area contributed by atoms with Crippen LogP contribution in [0.25, 0.3) is 0 Å². The molecule has 1 aromatic carbocycles. The minimum atomic E-state index is -3.88. The molecule has 0 aliphatic carbocycles. The molecule has 0 bridgehead atoms. The average Bonchev–Trinajstić information content (AvgIpc) is 2.69. The van der Waals surface area contributed by atoms with E-state index in [2.05, 4.69) is 6.92 Å². The summed E-state index contributed by atoms with van der Waals surface area (Å²) in [5.41, 5.74) is 1.11. The fourth-order valence-electron chi connectivity index (χ4n) is 2.34. The van der Waals surface area contributed by atoms with Crippen molar-refractivity contribution in [2.75, 3.05) is 10.8 Å². The van der Waals surface area contributed by atoms with Gasteiger partial charge in [0.05, 0.1) is 5.69 Å². The number of phenolic OH excluding ortho intramolecular Hbond substituents is 1. The molecule has 1 aliphatic rings. The van der Waals surface area contributed by atoms with Gasteiger partial charge in [0.2, 0.25) is 0 Å². The average molecular weight is 312 g/mol. The molecule has 6 nitrogen and oxygen atoms in total. The Morgan fingerprint density at radius 2 is 2.05 bits per heavy atom. The van der Waals surface area contributed by atoms with Crippen molar-refractivity contribution in [1.29, 1.82) is 0 Å². The third-order valence-electron chi connectivity index (χ3n) is 3.45. The number of hydrogen-bond donors (Lipinski definition) is 2. The van der Waals surface area contributed by atoms with Crippen molar-refractivity contribution in [3.8, 4) is 5.75 Å². The zero-order valence-corrected chi connectivity index (χ0v) is 12.8. The van der Waals surface area contributed by atoms with E-state index in [4.69, 9.17) is 0 Å². The highest BCUT2D eigenvalue weighted by atomic mass is 32.2. The van der Waals surface area contributed by atoms with Crippen LogP contribution < -0.4 is 9.03 Å². The SMILES string of the molecule is CCCCCCc1ccc(O)c(N2CC(=O)NS2(=O)=O)c1. The lowest BCUT2D eigenvalue weighted by Crippen LogP contribution is -2.29. The second-order valence-corrected chi connectivity index (χ2v) is 6.77. The normalized spacial score (nSPS) is 17.0. The Labute approximate surface area is 125 Å². The van der Waals surface area contributed by atoms with Crippen LogP contribution in [0.15, 0.2) is 18.2 Å². The summed E-state index contributed by atoms with van der Waals surface area (Å²) in [5.74, 6) is -0.741. The molecule has 2 N–H and O–H groups in total. The molecular formula is C14H20N2O4S. The summed E-state index contributed by atoms with van der Waals surface area (Å²) in [6.45, 7) is 1.84. The van der Waals surface area contributed by atoms with Crippen molar-refractivity contribution in [2.45, 2.75) is 39.0 Å². The Morgan fingerprint density at radius 3 is 2.67 bits per heavy atom. The maximum absolute atomic E-state index is 11.8. The zero-order chi connectivity index (χ0) is 15.5. The van der Waals surface area contributed by atoms with Crippen LogP contribution in [-0.4, -0.2) is 26.0 Å². The van der Waals surface area contributed by atoms with Crippen LogP contribution in [0.4, 0.5) is 5.69 Å². The fourth-order valence-corrected chi connectivity index (χ4v) is 3.50. The molecule has 0 unspecified atom stereocenters. The number of hydrogen-bond acceptors (Lipinski definition) is 4. The number of aryl methyl sites for hydroxylation is 1. The number of unbranched alkanes of at least 4 members (excludes halogenated alkanes) is 3. The van der Waals surface area contributed by atoms with E-state index in [1.54, 1.807) is 12.1 Å². The molecule has 1 aromatic rings. The first kappa shape index (κ1) is 15.6. The number of amides is 1. The number of rotatable bonds is 6. The molecule has 1 heterocycles. The Bertz CT molecular complexity index is 628. The molecular weight excluding hydrogens is 292 g/mol. The van der Waals surface area contributed by atoms with E-state index in [1.807, 2.05) is 4.72 Å². The van der Waals surface area contributed by atoms with E-state index in [1.165, 1.54) is 12.5 Å². The van der Waals surface area contributed by atoms with Gasteiger partial charge in [0, 0.05) is 0 Å². The third-order valence-corrected chi connectivity index (χ3v) is 4.84. The highest BCUT2D eigenvalue weighted by Crippen LogP contribution is 2.31. The minimum absolute atomic E-state index is 0.146. The van der Waals surface area contributed by atoms with Gasteiger partial charge in [-0.2, -0.15) is 8.42 Å². The van der Waals surface area contributed by atoms with Crippen LogP contribution >= 0.6 is 0 Å². The number of nitrogens with zero attached hydrogens (tertiary/aromatic N) is 1. The van der Waals surface area contributed by atoms with Crippen molar-refractivity contribution >= 4 is 21.8 Å². The summed E-state index contributed by atoms with van der Waals surface area (Å²) in [6.07, 6.45) is 5.28. The Morgan fingerprint density at radius 1 is 1.29 bits per heavy atom. The van der Waals surface area contributed by atoms with Gasteiger partial charge in [0.15, 0.2) is 0 Å². The lowest BCUT2D eigenvalue weighted by atomic mass is 10.1. The molecule has 1 aliphatic heterocycles. The Kier molecular flexibility index (Phi) is 4.72. The van der Waals surface area contributed by atoms with Gasteiger partial charge in [-0.15, -0.1) is 0 Å². The molecule has 1 fully saturated rings. The number of carbonyl (C=O) groups excluding carboxylic acids is 1. The van der Waals surface area contributed by atoms with Gasteiger partial charge < -0.3 is 5.11 Å². The second-order valence-electron chi connectivity index (χ2n) is 5.17. The van der Waals surface area contributed by atoms with Crippen LogP contribution in [0.2, 0.25) is 0 Å². The monoisotopic (exact) mass is 312 g/mol. The number of aromatic hydroxyl groups is 1. The molecule has 0 saturated carbocycles. The van der Waals surface area contributed by atoms with Crippen molar-refractivity contribution in [3.05, 3.63) is 23.8 Å². The Balaban J connectivity index is 2.18. The predicted molar refractivity (Wildman–Crippen MR) is 80.4 cm³/mol. The van der Waals surface area contributed by atoms with Gasteiger partial charge in [-0.1, -0.05) is 32.3 Å². The quantitative estimate of drug-likeness (QED) is 0.783. The van der Waals surface area contributed by atoms with E-state index in [-0.39, 0.29) is 18.0 Å². The summed E-state index contributed by atoms with van der Waals surface area (Å²) >= 11 is 0. The van der Waals surface area contributed by atoms with Crippen molar-refractivity contribution in [2.24, 2.45) is 0 Å². The smallest absolute Gasteiger partial charge is 0.326 e. The third kappa shape index (κ3) is 3.66. The van der Waals surface area contributed by atoms with Gasteiger partial charge in [-0.3, -0.25) is 4.79 Å². The number of carbonyl (C=O) groups is 1. The maximum Gasteiger partial charge on any atom is 0.326 e. The maximum atomic E-state index is 11.8. The van der Waals surface area contributed by atoms with Crippen LogP contribution in [0.5, 0.6) is 5.75 Å². The minimum Gasteiger partial charge on any atom is -0.506 e. The first-order valence-corrected chi connectivity index (χ1v) is 8.53. The van der Waals surface area contributed by atoms with E-state index < -0.39 is 16.1 Å². The highest BCUT2D eigenvalue weighted by Gasteiger charge is 2.35. The van der Waals surface area contributed by atoms with Gasteiger partial charge in [-0.25, -0.2) is 9.03 Å². The summed E-state index contributed by atoms with van der Waals surface area (Å²) < 4.78 is 26.4. The number of benzene rings is 1. The van der Waals surface area contributed by atoms with Gasteiger partial charge in [0.25, 0.3) is 5.91 Å². The summed E-state index contributed by atoms with van der Waals surface area (Å²) in [6, 6.07) is 4.89. The van der Waals surface area contributed by atoms with Crippen LogP contribution in [0.1, 0.15) is 38.2 Å². The van der Waals surface area contributed by atoms with Crippen molar-refractivity contribution < 1.29 is 18.3 Å². The van der Waals surface area contributed by atoms with E-state index in [9.17, 15) is 18.3 Å². The molecule has 7 heteroatoms. The highest BCUT2D eigenvalue weighted by molar-refractivity contribution is 7.92. The standard InChI is InChI=1S/C14H20N2O4S/c1-2-3-4-5-6-11-7-8-13(17)12(9-11)16-10-14(18)15-21(16,19)20/h7-9,17H,2-6,10H2,1H3,(H,15,18). The van der Waals surface area contributed by atoms with Gasteiger partial charge in [0.1, 0.15) is 12.3 Å². The van der Waals surface area contributed by atoms with Crippen molar-refractivity contribution in [3.63, 3.8) is 0 Å². The predicted octanol–water partition coefficient (Wildman–Crippen LogP) is 1.70. The largest absolute Gasteiger partial charge is 0.506 e. The van der Waals surface area contributed by atoms with Crippen LogP contribution in [0.3, 0.4) is 0 Å². The molecule has 0 atom stereocenters. The molecule has 116 valence electrons. The van der Waals surface area contributed by atoms with Crippen LogP contribution in [-0.2, 0) is 21.4 Å². The lowest BCUT2D eigenvalue weighted by Gasteiger charge is -2.17. The van der Waals surface area contributed by atoms with Gasteiger partial charge in [-0.05, 0) is 30.5 Å². The van der Waals surface area contributed by atoms with E-state index in [0.29, 0.717) is 0 Å². The van der Waals surface area contributed by atoms with E-state index in [0.717, 1.165) is 35.6 Å². The first-order chi connectivity index (χ1) is 9.94. The Hall–Kier alpha value is -1.76. The molecule has 2 rings (SSSR count). The molecule has 0 spiro atoms. The topological polar surface area (TPSA) is 86.7 Å². The summed E-state index contributed by atoms with van der Waals surface area (Å²) in [4.78, 5) is 11.3. The number of anilines is 1. The number of nitrogens with one attached hydrogen (secondary N) is 1. The fraction of sp³-hybridized carbons (Fsp3) is 0.500. The zero-order valence-electron chi connectivity index (χ0n) is 12.0. The van der Waals surface area contributed by atoms with E-state index >= 15 is 0 Å². The molecule has 0 aromatic heterocycles. The van der Waals surface area contributed by atoms with Crippen LogP contribution in [0, 0.1) is 0 Å². The van der Waals surface area contributed by atoms with Crippen molar-refractivity contribution in [1.82, 2.24) is 4.72 Å². The molecule has 0 radical (unpaired) electrons. The van der Waals surface area contributed by atoms with Gasteiger partial charge >= 0.3 is 10.2 Å². The first-order valence-electron chi connectivity index (χ1n) is 7.09. The lowest BCUT2D eigenvalue weighted by molar-refractivity contribution is -0.117. The molecule has 1 saturated heterocycles. The molecule has 21 heavy (non-hydrogen) atoms. The summed E-state index contributed by atoms with van der Waals surface area (Å²) in [5, 5.41) is 9.88. The second kappa shape index (κ2) is 6.34. The number of phenols is 1.